The summed E-state index contributed by atoms with van der Waals surface area (Å²) in [6, 6.07) is 0. The molecule has 0 aromatic carbocycles. The highest BCUT2D eigenvalue weighted by Gasteiger charge is 2.13. The van der Waals surface area contributed by atoms with Crippen molar-refractivity contribution in [3.05, 3.63) is 0 Å². The maximum Gasteiger partial charge on any atom is 0.306 e. The normalized spacial score (nSPS) is 13.4. The van der Waals surface area contributed by atoms with E-state index >= 15 is 0 Å². The third kappa shape index (κ3) is 14.2. The summed E-state index contributed by atoms with van der Waals surface area (Å²) in [5, 5.41) is 0. The molecule has 0 saturated heterocycles. The van der Waals surface area contributed by atoms with E-state index in [4.69, 9.17) is 14.2 Å². The summed E-state index contributed by atoms with van der Waals surface area (Å²) in [4.78, 5) is 23.0. The summed E-state index contributed by atoms with van der Waals surface area (Å²) in [7, 11) is 0. The minimum Gasteiger partial charge on any atom is -0.463 e. The summed E-state index contributed by atoms with van der Waals surface area (Å²) < 4.78 is 16.0. The Morgan fingerprint density at radius 3 is 1.91 bits per heavy atom. The van der Waals surface area contributed by atoms with Crippen molar-refractivity contribution in [2.75, 3.05) is 13.2 Å². The Labute approximate surface area is 141 Å². The van der Waals surface area contributed by atoms with Crippen molar-refractivity contribution >= 4 is 11.9 Å². The lowest BCUT2D eigenvalue weighted by atomic mass is 10.2. The predicted molar refractivity (Wildman–Crippen MR) is 90.2 cm³/mol. The van der Waals surface area contributed by atoms with Gasteiger partial charge in [0.15, 0.2) is 0 Å². The van der Waals surface area contributed by atoms with Crippen LogP contribution < -0.4 is 0 Å². The first-order valence-corrected chi connectivity index (χ1v) is 8.96. The highest BCUT2D eigenvalue weighted by atomic mass is 16.6. The average molecular weight is 330 g/mol. The molecular weight excluding hydrogens is 296 g/mol. The molecule has 2 unspecified atom stereocenters. The van der Waals surface area contributed by atoms with Crippen molar-refractivity contribution in [1.29, 1.82) is 0 Å². The van der Waals surface area contributed by atoms with Gasteiger partial charge in [-0.2, -0.15) is 0 Å². The van der Waals surface area contributed by atoms with Crippen LogP contribution >= 0.6 is 0 Å². The minimum atomic E-state index is -0.285. The van der Waals surface area contributed by atoms with Gasteiger partial charge in [0.2, 0.25) is 0 Å². The molecule has 0 rings (SSSR count). The van der Waals surface area contributed by atoms with Gasteiger partial charge in [0.05, 0.1) is 12.7 Å². The first-order chi connectivity index (χ1) is 11.0. The molecule has 23 heavy (non-hydrogen) atoms. The second-order valence-electron chi connectivity index (χ2n) is 6.04. The number of unbranched alkanes of at least 4 members (excludes halogenated alkanes) is 4. The lowest BCUT2D eigenvalue weighted by Gasteiger charge is -2.17. The Morgan fingerprint density at radius 1 is 0.783 bits per heavy atom. The molecule has 0 N–H and O–H groups in total. The molecule has 0 spiro atoms. The number of rotatable bonds is 14. The third-order valence-corrected chi connectivity index (χ3v) is 3.40. The molecule has 0 aromatic rings. The number of carbonyl (C=O) groups is 2. The van der Waals surface area contributed by atoms with Crippen LogP contribution in [0.3, 0.4) is 0 Å². The molecular formula is C18H34O5. The largest absolute Gasteiger partial charge is 0.463 e. The molecule has 0 aromatic heterocycles. The first kappa shape index (κ1) is 21.9. The molecule has 0 radical (unpaired) electrons. The molecule has 2 atom stereocenters. The van der Waals surface area contributed by atoms with Crippen LogP contribution in [0, 0.1) is 0 Å². The van der Waals surface area contributed by atoms with Crippen LogP contribution in [0.5, 0.6) is 0 Å². The molecule has 0 aliphatic rings. The van der Waals surface area contributed by atoms with Crippen LogP contribution in [0.25, 0.3) is 0 Å². The summed E-state index contributed by atoms with van der Waals surface area (Å²) in [5.74, 6) is -0.353. The van der Waals surface area contributed by atoms with Gasteiger partial charge in [-0.05, 0) is 26.7 Å². The van der Waals surface area contributed by atoms with E-state index in [1.165, 1.54) is 0 Å². The van der Waals surface area contributed by atoms with E-state index in [2.05, 4.69) is 13.8 Å². The topological polar surface area (TPSA) is 61.8 Å². The van der Waals surface area contributed by atoms with E-state index in [0.29, 0.717) is 19.4 Å². The Kier molecular flexibility index (Phi) is 13.8. The SMILES string of the molecule is CCCCCC(=O)OCC(C)OCC(C)OC(=O)CCCCC. The molecule has 0 amide bonds. The number of ether oxygens (including phenoxy) is 3. The monoisotopic (exact) mass is 330 g/mol. The molecule has 0 bridgehead atoms. The number of esters is 2. The molecule has 0 fully saturated rings. The van der Waals surface area contributed by atoms with Gasteiger partial charge in [-0.25, -0.2) is 0 Å². The average Bonchev–Trinajstić information content (AvgIpc) is 2.51. The van der Waals surface area contributed by atoms with E-state index in [0.717, 1.165) is 38.5 Å². The van der Waals surface area contributed by atoms with Crippen LogP contribution in [-0.2, 0) is 23.8 Å². The van der Waals surface area contributed by atoms with E-state index in [9.17, 15) is 9.59 Å². The maximum atomic E-state index is 11.6. The lowest BCUT2D eigenvalue weighted by molar-refractivity contribution is -0.154. The van der Waals surface area contributed by atoms with Crippen LogP contribution in [-0.4, -0.2) is 37.4 Å². The standard InChI is InChI=1S/C18H34O5/c1-5-7-9-11-17(19)22-13-15(3)21-14-16(4)23-18(20)12-10-8-6-2/h15-16H,5-14H2,1-4H3. The van der Waals surface area contributed by atoms with Gasteiger partial charge in [0.1, 0.15) is 12.7 Å². The van der Waals surface area contributed by atoms with Crippen LogP contribution in [0.15, 0.2) is 0 Å². The van der Waals surface area contributed by atoms with E-state index in [-0.39, 0.29) is 30.8 Å². The van der Waals surface area contributed by atoms with Crippen LogP contribution in [0.1, 0.15) is 79.1 Å². The Morgan fingerprint density at radius 2 is 1.35 bits per heavy atom. The highest BCUT2D eigenvalue weighted by Crippen LogP contribution is 2.05. The van der Waals surface area contributed by atoms with Gasteiger partial charge in [-0.1, -0.05) is 39.5 Å². The second-order valence-corrected chi connectivity index (χ2v) is 6.04. The van der Waals surface area contributed by atoms with Gasteiger partial charge in [-0.15, -0.1) is 0 Å². The summed E-state index contributed by atoms with van der Waals surface area (Å²) in [5.41, 5.74) is 0. The zero-order chi connectivity index (χ0) is 17.5. The summed E-state index contributed by atoms with van der Waals surface area (Å²) in [6.07, 6.45) is 6.43. The Bertz CT molecular complexity index is 317. The molecule has 0 heterocycles. The van der Waals surface area contributed by atoms with Crippen molar-refractivity contribution in [2.45, 2.75) is 91.3 Å². The maximum absolute atomic E-state index is 11.6. The van der Waals surface area contributed by atoms with Crippen molar-refractivity contribution in [3.63, 3.8) is 0 Å². The predicted octanol–water partition coefficient (Wildman–Crippen LogP) is 4.03. The van der Waals surface area contributed by atoms with Crippen LogP contribution in [0.4, 0.5) is 0 Å². The number of hydrogen-bond donors (Lipinski definition) is 0. The van der Waals surface area contributed by atoms with Crippen LogP contribution in [0.2, 0.25) is 0 Å². The van der Waals surface area contributed by atoms with Crippen molar-refractivity contribution in [3.8, 4) is 0 Å². The Balaban J connectivity index is 3.68. The smallest absolute Gasteiger partial charge is 0.306 e. The second kappa shape index (κ2) is 14.5. The third-order valence-electron chi connectivity index (χ3n) is 3.40. The summed E-state index contributed by atoms with van der Waals surface area (Å²) in [6.45, 7) is 8.39. The van der Waals surface area contributed by atoms with Gasteiger partial charge >= 0.3 is 11.9 Å². The highest BCUT2D eigenvalue weighted by molar-refractivity contribution is 5.69. The van der Waals surface area contributed by atoms with Gasteiger partial charge in [0.25, 0.3) is 0 Å². The van der Waals surface area contributed by atoms with Gasteiger partial charge < -0.3 is 14.2 Å². The first-order valence-electron chi connectivity index (χ1n) is 8.96. The Hall–Kier alpha value is -1.10. The number of hydrogen-bond acceptors (Lipinski definition) is 5. The molecule has 5 heteroatoms. The quantitative estimate of drug-likeness (QED) is 0.355. The molecule has 0 aliphatic heterocycles. The number of carbonyl (C=O) groups excluding carboxylic acids is 2. The van der Waals surface area contributed by atoms with E-state index < -0.39 is 0 Å². The lowest BCUT2D eigenvalue weighted by Crippen LogP contribution is -2.26. The minimum absolute atomic E-state index is 0.176. The van der Waals surface area contributed by atoms with E-state index in [1.807, 2.05) is 6.92 Å². The van der Waals surface area contributed by atoms with Crippen molar-refractivity contribution in [1.82, 2.24) is 0 Å². The van der Waals surface area contributed by atoms with Crippen molar-refractivity contribution in [2.24, 2.45) is 0 Å². The summed E-state index contributed by atoms with van der Waals surface area (Å²) >= 11 is 0. The zero-order valence-electron chi connectivity index (χ0n) is 15.3. The van der Waals surface area contributed by atoms with Gasteiger partial charge in [-0.3, -0.25) is 9.59 Å². The molecule has 0 aliphatic carbocycles. The molecule has 136 valence electrons. The van der Waals surface area contributed by atoms with Crippen molar-refractivity contribution < 1.29 is 23.8 Å². The molecule has 5 nitrogen and oxygen atoms in total. The zero-order valence-corrected chi connectivity index (χ0v) is 15.3. The molecule has 0 saturated carbocycles. The fourth-order valence-electron chi connectivity index (χ4n) is 1.99. The fourth-order valence-corrected chi connectivity index (χ4v) is 1.99. The van der Waals surface area contributed by atoms with Gasteiger partial charge in [0, 0.05) is 12.8 Å². The fraction of sp³-hybridized carbons (Fsp3) is 0.889. The van der Waals surface area contributed by atoms with E-state index in [1.54, 1.807) is 6.92 Å².